The number of methoxy groups -OCH3 is 2. The summed E-state index contributed by atoms with van der Waals surface area (Å²) in [6, 6.07) is 5.93. The van der Waals surface area contributed by atoms with E-state index in [4.69, 9.17) is 4.74 Å². The van der Waals surface area contributed by atoms with Gasteiger partial charge in [0.05, 0.1) is 19.7 Å². The van der Waals surface area contributed by atoms with Crippen molar-refractivity contribution in [3.63, 3.8) is 0 Å². The molecule has 0 aliphatic rings. The molecule has 88 valence electrons. The number of aromatic nitrogens is 1. The average Bonchev–Trinajstić information content (AvgIpc) is 2.36. The maximum absolute atomic E-state index is 13.5. The minimum atomic E-state index is -0.553. The Labute approximate surface area is 97.0 Å². The van der Waals surface area contributed by atoms with Crippen molar-refractivity contribution in [1.29, 1.82) is 0 Å². The molecule has 0 aliphatic carbocycles. The van der Waals surface area contributed by atoms with Gasteiger partial charge < -0.3 is 9.47 Å². The zero-order valence-electron chi connectivity index (χ0n) is 9.36. The molecule has 1 aromatic heterocycles. The number of hydrogen-bond donors (Lipinski definition) is 0. The third kappa shape index (κ3) is 2.04. The molecule has 1 heterocycles. The van der Waals surface area contributed by atoms with E-state index >= 15 is 0 Å². The van der Waals surface area contributed by atoms with E-state index in [0.717, 1.165) is 0 Å². The molecule has 0 saturated carbocycles. The molecule has 0 bridgehead atoms. The highest BCUT2D eigenvalue weighted by Gasteiger charge is 2.10. The first-order valence-corrected chi connectivity index (χ1v) is 4.88. The Balaban J connectivity index is 2.59. The molecule has 0 amide bonds. The highest BCUT2D eigenvalue weighted by Crippen LogP contribution is 2.23. The molecular weight excluding hydrogens is 225 g/mol. The Kier molecular flexibility index (Phi) is 2.91. The minimum absolute atomic E-state index is 0.143. The van der Waals surface area contributed by atoms with Gasteiger partial charge in [0.2, 0.25) is 0 Å². The van der Waals surface area contributed by atoms with Crippen LogP contribution in [0.3, 0.4) is 0 Å². The molecule has 5 heteroatoms. The summed E-state index contributed by atoms with van der Waals surface area (Å²) in [5.74, 6) is -0.928. The number of pyridine rings is 1. The second-order valence-electron chi connectivity index (χ2n) is 3.37. The van der Waals surface area contributed by atoms with Gasteiger partial charge in [-0.05, 0) is 12.1 Å². The van der Waals surface area contributed by atoms with E-state index < -0.39 is 11.8 Å². The topological polar surface area (TPSA) is 48.4 Å². The molecule has 0 atom stereocenters. The molecule has 0 saturated heterocycles. The van der Waals surface area contributed by atoms with Gasteiger partial charge in [-0.25, -0.2) is 14.2 Å². The maximum Gasteiger partial charge on any atom is 0.356 e. The van der Waals surface area contributed by atoms with Gasteiger partial charge in [-0.15, -0.1) is 0 Å². The standard InChI is InChI=1S/C12H10FNO3/c1-16-11-5-7-3-4-9(12(15)17-2)14-10(7)6-8(11)13/h3-6H,1-2H3. The maximum atomic E-state index is 13.5. The van der Waals surface area contributed by atoms with Gasteiger partial charge in [-0.2, -0.15) is 0 Å². The summed E-state index contributed by atoms with van der Waals surface area (Å²) in [6.07, 6.45) is 0. The van der Waals surface area contributed by atoms with Gasteiger partial charge in [0.15, 0.2) is 11.6 Å². The fourth-order valence-corrected chi connectivity index (χ4v) is 1.50. The van der Waals surface area contributed by atoms with Gasteiger partial charge in [0.1, 0.15) is 5.69 Å². The first kappa shape index (κ1) is 11.3. The summed E-state index contributed by atoms with van der Waals surface area (Å²) in [7, 11) is 2.66. The molecule has 0 unspecified atom stereocenters. The van der Waals surface area contributed by atoms with Crippen LogP contribution in [0, 0.1) is 5.82 Å². The van der Waals surface area contributed by atoms with Gasteiger partial charge in [0.25, 0.3) is 0 Å². The molecule has 2 aromatic rings. The first-order valence-electron chi connectivity index (χ1n) is 4.88. The minimum Gasteiger partial charge on any atom is -0.494 e. The number of hydrogen-bond acceptors (Lipinski definition) is 4. The lowest BCUT2D eigenvalue weighted by molar-refractivity contribution is 0.0594. The van der Waals surface area contributed by atoms with Crippen molar-refractivity contribution in [3.8, 4) is 5.75 Å². The van der Waals surface area contributed by atoms with Crippen LogP contribution in [0.1, 0.15) is 10.5 Å². The normalized spacial score (nSPS) is 10.3. The first-order chi connectivity index (χ1) is 8.15. The van der Waals surface area contributed by atoms with Crippen LogP contribution >= 0.6 is 0 Å². The number of fused-ring (bicyclic) bond motifs is 1. The number of rotatable bonds is 2. The molecule has 17 heavy (non-hydrogen) atoms. The number of benzene rings is 1. The average molecular weight is 235 g/mol. The predicted octanol–water partition coefficient (Wildman–Crippen LogP) is 2.17. The number of esters is 1. The third-order valence-corrected chi connectivity index (χ3v) is 2.36. The molecular formula is C12H10FNO3. The lowest BCUT2D eigenvalue weighted by Gasteiger charge is -2.05. The Morgan fingerprint density at radius 1 is 1.29 bits per heavy atom. The van der Waals surface area contributed by atoms with Crippen LogP contribution in [0.15, 0.2) is 24.3 Å². The Hall–Kier alpha value is -2.17. The van der Waals surface area contributed by atoms with Crippen molar-refractivity contribution < 1.29 is 18.7 Å². The van der Waals surface area contributed by atoms with Crippen LogP contribution in [0.2, 0.25) is 0 Å². The molecule has 4 nitrogen and oxygen atoms in total. The zero-order chi connectivity index (χ0) is 12.4. The van der Waals surface area contributed by atoms with Gasteiger partial charge in [-0.3, -0.25) is 0 Å². The Morgan fingerprint density at radius 3 is 2.71 bits per heavy atom. The summed E-state index contributed by atoms with van der Waals surface area (Å²) in [4.78, 5) is 15.3. The van der Waals surface area contributed by atoms with E-state index in [1.54, 1.807) is 6.07 Å². The molecule has 0 N–H and O–H groups in total. The smallest absolute Gasteiger partial charge is 0.356 e. The van der Waals surface area contributed by atoms with Crippen LogP contribution in [0.25, 0.3) is 10.9 Å². The largest absolute Gasteiger partial charge is 0.494 e. The van der Waals surface area contributed by atoms with Crippen molar-refractivity contribution in [2.45, 2.75) is 0 Å². The van der Waals surface area contributed by atoms with Crippen LogP contribution in [-0.2, 0) is 4.74 Å². The molecule has 0 fully saturated rings. The van der Waals surface area contributed by atoms with Gasteiger partial charge in [0, 0.05) is 11.5 Å². The summed E-state index contributed by atoms with van der Waals surface area (Å²) >= 11 is 0. The molecule has 0 aliphatic heterocycles. The van der Waals surface area contributed by atoms with E-state index in [1.807, 2.05) is 0 Å². The predicted molar refractivity (Wildman–Crippen MR) is 59.6 cm³/mol. The summed E-state index contributed by atoms with van der Waals surface area (Å²) in [6.45, 7) is 0. The van der Waals surface area contributed by atoms with Crippen molar-refractivity contribution in [3.05, 3.63) is 35.8 Å². The lowest BCUT2D eigenvalue weighted by Crippen LogP contribution is -2.04. The van der Waals surface area contributed by atoms with Crippen LogP contribution in [0.5, 0.6) is 5.75 Å². The highest BCUT2D eigenvalue weighted by molar-refractivity contribution is 5.91. The van der Waals surface area contributed by atoms with Crippen molar-refractivity contribution in [2.75, 3.05) is 14.2 Å². The highest BCUT2D eigenvalue weighted by atomic mass is 19.1. The second-order valence-corrected chi connectivity index (χ2v) is 3.37. The van der Waals surface area contributed by atoms with Crippen molar-refractivity contribution in [2.24, 2.45) is 0 Å². The number of nitrogens with zero attached hydrogens (tertiary/aromatic N) is 1. The molecule has 0 spiro atoms. The number of carbonyl (C=O) groups is 1. The summed E-state index contributed by atoms with van der Waals surface area (Å²) in [5, 5.41) is 0.691. The van der Waals surface area contributed by atoms with Crippen LogP contribution in [0.4, 0.5) is 4.39 Å². The Bertz CT molecular complexity index is 583. The molecule has 1 aromatic carbocycles. The van der Waals surface area contributed by atoms with E-state index in [2.05, 4.69) is 9.72 Å². The zero-order valence-corrected chi connectivity index (χ0v) is 9.36. The fraction of sp³-hybridized carbons (Fsp3) is 0.167. The van der Waals surface area contributed by atoms with Crippen LogP contribution < -0.4 is 4.74 Å². The van der Waals surface area contributed by atoms with Crippen molar-refractivity contribution >= 4 is 16.9 Å². The van der Waals surface area contributed by atoms with Gasteiger partial charge in [-0.1, -0.05) is 6.07 Å². The Morgan fingerprint density at radius 2 is 2.06 bits per heavy atom. The van der Waals surface area contributed by atoms with E-state index in [9.17, 15) is 9.18 Å². The lowest BCUT2D eigenvalue weighted by atomic mass is 10.2. The van der Waals surface area contributed by atoms with Crippen molar-refractivity contribution in [1.82, 2.24) is 4.98 Å². The van der Waals surface area contributed by atoms with E-state index in [0.29, 0.717) is 10.9 Å². The van der Waals surface area contributed by atoms with E-state index in [1.165, 1.54) is 32.4 Å². The third-order valence-electron chi connectivity index (χ3n) is 2.36. The number of carbonyl (C=O) groups excluding carboxylic acids is 1. The van der Waals surface area contributed by atoms with E-state index in [-0.39, 0.29) is 11.4 Å². The molecule has 0 radical (unpaired) electrons. The quantitative estimate of drug-likeness (QED) is 0.748. The summed E-state index contributed by atoms with van der Waals surface area (Å²) < 4.78 is 22.9. The number of ether oxygens (including phenoxy) is 2. The SMILES string of the molecule is COC(=O)c1ccc2cc(OC)c(F)cc2n1. The second kappa shape index (κ2) is 4.37. The fourth-order valence-electron chi connectivity index (χ4n) is 1.50. The number of halogens is 1. The molecule has 2 rings (SSSR count). The monoisotopic (exact) mass is 235 g/mol. The van der Waals surface area contributed by atoms with Crippen LogP contribution in [-0.4, -0.2) is 25.2 Å². The van der Waals surface area contributed by atoms with Gasteiger partial charge >= 0.3 is 5.97 Å². The summed E-state index contributed by atoms with van der Waals surface area (Å²) in [5.41, 5.74) is 0.524.